The van der Waals surface area contributed by atoms with Crippen LogP contribution in [-0.4, -0.2) is 7.11 Å². The molecule has 0 radical (unpaired) electrons. The Bertz CT molecular complexity index is 612. The first-order valence-corrected chi connectivity index (χ1v) is 7.11. The summed E-state index contributed by atoms with van der Waals surface area (Å²) in [6.45, 7) is 7.24. The zero-order valence-corrected chi connectivity index (χ0v) is 13.2. The van der Waals surface area contributed by atoms with Crippen LogP contribution in [0.25, 0.3) is 0 Å². The standard InChI is InChI=1S/C18H23NO2/c1-12-7-13(2)18(14(3)8-12)21-11-15-5-6-17(20-4)16(9-15)10-19/h5-9H,10-11,19H2,1-4H3. The molecule has 21 heavy (non-hydrogen) atoms. The summed E-state index contributed by atoms with van der Waals surface area (Å²) in [7, 11) is 1.66. The van der Waals surface area contributed by atoms with Gasteiger partial charge in [0.05, 0.1) is 7.11 Å². The first-order chi connectivity index (χ1) is 10.0. The Kier molecular flexibility index (Phi) is 4.86. The summed E-state index contributed by atoms with van der Waals surface area (Å²) in [5.41, 5.74) is 11.4. The lowest BCUT2D eigenvalue weighted by atomic mass is 10.1. The predicted molar refractivity (Wildman–Crippen MR) is 85.9 cm³/mol. The van der Waals surface area contributed by atoms with Gasteiger partial charge in [0, 0.05) is 12.1 Å². The van der Waals surface area contributed by atoms with Gasteiger partial charge in [0.2, 0.25) is 0 Å². The Morgan fingerprint density at radius 2 is 1.67 bits per heavy atom. The van der Waals surface area contributed by atoms with Crippen LogP contribution in [-0.2, 0) is 13.2 Å². The SMILES string of the molecule is COc1ccc(COc2c(C)cc(C)cc2C)cc1CN. The van der Waals surface area contributed by atoms with Crippen LogP contribution < -0.4 is 15.2 Å². The molecule has 2 N–H and O–H groups in total. The van der Waals surface area contributed by atoms with Crippen LogP contribution >= 0.6 is 0 Å². The molecule has 0 amide bonds. The second-order valence-corrected chi connectivity index (χ2v) is 5.37. The summed E-state index contributed by atoms with van der Waals surface area (Å²) < 4.78 is 11.3. The fourth-order valence-corrected chi connectivity index (χ4v) is 2.63. The highest BCUT2D eigenvalue weighted by atomic mass is 16.5. The molecule has 0 saturated carbocycles. The number of rotatable bonds is 5. The van der Waals surface area contributed by atoms with Gasteiger partial charge in [-0.05, 0) is 49.6 Å². The van der Waals surface area contributed by atoms with Gasteiger partial charge in [0.15, 0.2) is 0 Å². The number of methoxy groups -OCH3 is 1. The Morgan fingerprint density at radius 3 is 2.24 bits per heavy atom. The maximum Gasteiger partial charge on any atom is 0.125 e. The molecule has 0 aliphatic rings. The molecule has 2 aromatic carbocycles. The number of aryl methyl sites for hydroxylation is 3. The summed E-state index contributed by atoms with van der Waals surface area (Å²) in [6, 6.07) is 10.3. The molecule has 0 saturated heterocycles. The molecule has 0 atom stereocenters. The van der Waals surface area contributed by atoms with E-state index >= 15 is 0 Å². The minimum Gasteiger partial charge on any atom is -0.496 e. The number of ether oxygens (including phenoxy) is 2. The molecule has 3 nitrogen and oxygen atoms in total. The highest BCUT2D eigenvalue weighted by molar-refractivity contribution is 5.43. The van der Waals surface area contributed by atoms with Crippen molar-refractivity contribution in [3.05, 3.63) is 58.1 Å². The zero-order chi connectivity index (χ0) is 15.4. The highest BCUT2D eigenvalue weighted by Gasteiger charge is 2.07. The van der Waals surface area contributed by atoms with Gasteiger partial charge in [0.25, 0.3) is 0 Å². The number of hydrogen-bond acceptors (Lipinski definition) is 3. The van der Waals surface area contributed by atoms with E-state index in [4.69, 9.17) is 15.2 Å². The van der Waals surface area contributed by atoms with Crippen LogP contribution in [0.1, 0.15) is 27.8 Å². The van der Waals surface area contributed by atoms with E-state index < -0.39 is 0 Å². The Labute approximate surface area is 126 Å². The maximum atomic E-state index is 6.00. The third-order valence-corrected chi connectivity index (χ3v) is 3.55. The average Bonchev–Trinajstić information content (AvgIpc) is 2.45. The largest absolute Gasteiger partial charge is 0.496 e. The molecule has 0 fully saturated rings. The van der Waals surface area contributed by atoms with Gasteiger partial charge in [-0.15, -0.1) is 0 Å². The van der Waals surface area contributed by atoms with Gasteiger partial charge in [-0.25, -0.2) is 0 Å². The summed E-state index contributed by atoms with van der Waals surface area (Å²) in [5.74, 6) is 1.79. The molecule has 3 heteroatoms. The minimum absolute atomic E-state index is 0.458. The lowest BCUT2D eigenvalue weighted by molar-refractivity contribution is 0.301. The quantitative estimate of drug-likeness (QED) is 0.912. The van der Waals surface area contributed by atoms with Crippen molar-refractivity contribution in [3.8, 4) is 11.5 Å². The van der Waals surface area contributed by atoms with Crippen LogP contribution in [0.5, 0.6) is 11.5 Å². The van der Waals surface area contributed by atoms with Crippen LogP contribution in [0, 0.1) is 20.8 Å². The monoisotopic (exact) mass is 285 g/mol. The number of nitrogens with two attached hydrogens (primary N) is 1. The molecular formula is C18H23NO2. The molecule has 112 valence electrons. The van der Waals surface area contributed by atoms with E-state index in [2.05, 4.69) is 32.9 Å². The minimum atomic E-state index is 0.458. The normalized spacial score (nSPS) is 10.5. The van der Waals surface area contributed by atoms with Gasteiger partial charge in [-0.2, -0.15) is 0 Å². The van der Waals surface area contributed by atoms with Crippen molar-refractivity contribution in [1.82, 2.24) is 0 Å². The molecule has 0 aliphatic heterocycles. The molecule has 0 heterocycles. The lowest BCUT2D eigenvalue weighted by Crippen LogP contribution is -2.03. The molecule has 0 unspecified atom stereocenters. The topological polar surface area (TPSA) is 44.5 Å². The highest BCUT2D eigenvalue weighted by Crippen LogP contribution is 2.26. The molecule has 0 aliphatic carbocycles. The molecular weight excluding hydrogens is 262 g/mol. The van der Waals surface area contributed by atoms with Gasteiger partial charge in [-0.1, -0.05) is 23.8 Å². The third kappa shape index (κ3) is 3.56. The van der Waals surface area contributed by atoms with Crippen molar-refractivity contribution in [2.75, 3.05) is 7.11 Å². The fourth-order valence-electron chi connectivity index (χ4n) is 2.63. The van der Waals surface area contributed by atoms with Crippen LogP contribution in [0.4, 0.5) is 0 Å². The van der Waals surface area contributed by atoms with Crippen molar-refractivity contribution in [2.45, 2.75) is 33.9 Å². The van der Waals surface area contributed by atoms with E-state index in [1.165, 1.54) is 16.7 Å². The van der Waals surface area contributed by atoms with Crippen molar-refractivity contribution in [1.29, 1.82) is 0 Å². The predicted octanol–water partition coefficient (Wildman–Crippen LogP) is 3.66. The maximum absolute atomic E-state index is 6.00. The van der Waals surface area contributed by atoms with Gasteiger partial charge >= 0.3 is 0 Å². The Balaban J connectivity index is 2.17. The second-order valence-electron chi connectivity index (χ2n) is 5.37. The Morgan fingerprint density at radius 1 is 1.00 bits per heavy atom. The molecule has 2 rings (SSSR count). The molecule has 0 spiro atoms. The average molecular weight is 285 g/mol. The number of benzene rings is 2. The molecule has 0 aromatic heterocycles. The fraction of sp³-hybridized carbons (Fsp3) is 0.333. The Hall–Kier alpha value is -2.00. The van der Waals surface area contributed by atoms with Crippen LogP contribution in [0.2, 0.25) is 0 Å². The number of hydrogen-bond donors (Lipinski definition) is 1. The van der Waals surface area contributed by atoms with E-state index in [1.807, 2.05) is 18.2 Å². The lowest BCUT2D eigenvalue weighted by Gasteiger charge is -2.14. The second kappa shape index (κ2) is 6.64. The van der Waals surface area contributed by atoms with E-state index in [9.17, 15) is 0 Å². The summed E-state index contributed by atoms with van der Waals surface area (Å²) in [4.78, 5) is 0. The first-order valence-electron chi connectivity index (χ1n) is 7.11. The summed E-state index contributed by atoms with van der Waals surface area (Å²) in [6.07, 6.45) is 0. The zero-order valence-electron chi connectivity index (χ0n) is 13.2. The van der Waals surface area contributed by atoms with E-state index in [0.717, 1.165) is 22.6 Å². The van der Waals surface area contributed by atoms with Crippen molar-refractivity contribution in [2.24, 2.45) is 5.73 Å². The summed E-state index contributed by atoms with van der Waals surface area (Å²) >= 11 is 0. The van der Waals surface area contributed by atoms with Crippen molar-refractivity contribution < 1.29 is 9.47 Å². The van der Waals surface area contributed by atoms with Crippen molar-refractivity contribution >= 4 is 0 Å². The van der Waals surface area contributed by atoms with E-state index in [1.54, 1.807) is 7.11 Å². The smallest absolute Gasteiger partial charge is 0.125 e. The first kappa shape index (κ1) is 15.4. The van der Waals surface area contributed by atoms with E-state index in [-0.39, 0.29) is 0 Å². The van der Waals surface area contributed by atoms with Crippen molar-refractivity contribution in [3.63, 3.8) is 0 Å². The van der Waals surface area contributed by atoms with Gasteiger partial charge in [-0.3, -0.25) is 0 Å². The molecule has 2 aromatic rings. The van der Waals surface area contributed by atoms with Crippen LogP contribution in [0.3, 0.4) is 0 Å². The molecule has 0 bridgehead atoms. The third-order valence-electron chi connectivity index (χ3n) is 3.55. The van der Waals surface area contributed by atoms with Gasteiger partial charge in [0.1, 0.15) is 18.1 Å². The summed E-state index contributed by atoms with van der Waals surface area (Å²) in [5, 5.41) is 0. The van der Waals surface area contributed by atoms with Crippen LogP contribution in [0.15, 0.2) is 30.3 Å². The van der Waals surface area contributed by atoms with E-state index in [0.29, 0.717) is 13.2 Å². The van der Waals surface area contributed by atoms with Gasteiger partial charge < -0.3 is 15.2 Å².